The molecule has 0 saturated carbocycles. The molecule has 1 aromatic carbocycles. The van der Waals surface area contributed by atoms with E-state index in [0.29, 0.717) is 10.8 Å². The molecule has 0 aliphatic carbocycles. The minimum atomic E-state index is -0.0326. The highest BCUT2D eigenvalue weighted by atomic mass is 79.9. The van der Waals surface area contributed by atoms with Gasteiger partial charge in [0.25, 0.3) is 0 Å². The first-order valence-corrected chi connectivity index (χ1v) is 6.81. The number of ether oxygens (including phenoxy) is 1. The van der Waals surface area contributed by atoms with Gasteiger partial charge in [0.05, 0.1) is 6.42 Å². The maximum atomic E-state index is 11.7. The molecular formula is C14H11BrClNO2. The standard InChI is InChI=1S/C14H11BrClNO2/c15-10-4-5-12(17-8-10)7-13(18)9-19-14-3-1-2-11(16)6-14/h1-6,8H,7,9H2. The van der Waals surface area contributed by atoms with Crippen LogP contribution in [0.15, 0.2) is 47.1 Å². The SMILES string of the molecule is O=C(COc1cccc(Cl)c1)Cc1ccc(Br)cn1. The zero-order valence-corrected chi connectivity index (χ0v) is 12.3. The fourth-order valence-electron chi connectivity index (χ4n) is 1.48. The summed E-state index contributed by atoms with van der Waals surface area (Å²) in [6.07, 6.45) is 1.92. The van der Waals surface area contributed by atoms with Gasteiger partial charge in [-0.15, -0.1) is 0 Å². The number of aromatic nitrogens is 1. The first-order chi connectivity index (χ1) is 9.13. The maximum absolute atomic E-state index is 11.7. The molecule has 0 amide bonds. The molecule has 2 rings (SSSR count). The molecule has 0 N–H and O–H groups in total. The average molecular weight is 341 g/mol. The Balaban J connectivity index is 1.86. The summed E-state index contributed by atoms with van der Waals surface area (Å²) in [4.78, 5) is 15.9. The lowest BCUT2D eigenvalue weighted by Crippen LogP contribution is -2.14. The third-order valence-corrected chi connectivity index (χ3v) is 3.07. The van der Waals surface area contributed by atoms with Gasteiger partial charge >= 0.3 is 0 Å². The van der Waals surface area contributed by atoms with Crippen molar-refractivity contribution in [3.63, 3.8) is 0 Å². The molecule has 5 heteroatoms. The Hall–Kier alpha value is -1.39. The lowest BCUT2D eigenvalue weighted by molar-refractivity contribution is -0.120. The molecule has 0 atom stereocenters. The molecule has 0 radical (unpaired) electrons. The Morgan fingerprint density at radius 3 is 2.84 bits per heavy atom. The number of carbonyl (C=O) groups excluding carboxylic acids is 1. The van der Waals surface area contributed by atoms with Crippen LogP contribution in [-0.2, 0) is 11.2 Å². The van der Waals surface area contributed by atoms with Crippen molar-refractivity contribution in [1.82, 2.24) is 4.98 Å². The van der Waals surface area contributed by atoms with Gasteiger partial charge in [-0.3, -0.25) is 9.78 Å². The highest BCUT2D eigenvalue weighted by molar-refractivity contribution is 9.10. The predicted molar refractivity (Wildman–Crippen MR) is 77.6 cm³/mol. The van der Waals surface area contributed by atoms with Crippen LogP contribution in [0, 0.1) is 0 Å². The van der Waals surface area contributed by atoms with Crippen LogP contribution in [-0.4, -0.2) is 17.4 Å². The second-order valence-corrected chi connectivity index (χ2v) is 5.28. The summed E-state index contributed by atoms with van der Waals surface area (Å²) in [5.74, 6) is 0.555. The Morgan fingerprint density at radius 2 is 2.16 bits per heavy atom. The smallest absolute Gasteiger partial charge is 0.176 e. The van der Waals surface area contributed by atoms with Crippen LogP contribution in [0.1, 0.15) is 5.69 Å². The van der Waals surface area contributed by atoms with Crippen molar-refractivity contribution < 1.29 is 9.53 Å². The van der Waals surface area contributed by atoms with Gasteiger partial charge in [-0.1, -0.05) is 17.7 Å². The van der Waals surface area contributed by atoms with Gasteiger partial charge in [0, 0.05) is 21.4 Å². The monoisotopic (exact) mass is 339 g/mol. The zero-order chi connectivity index (χ0) is 13.7. The van der Waals surface area contributed by atoms with E-state index in [9.17, 15) is 4.79 Å². The molecule has 0 fully saturated rings. The number of hydrogen-bond donors (Lipinski definition) is 0. The van der Waals surface area contributed by atoms with Crippen molar-refractivity contribution in [2.45, 2.75) is 6.42 Å². The molecule has 19 heavy (non-hydrogen) atoms. The van der Waals surface area contributed by atoms with Crippen molar-refractivity contribution in [2.24, 2.45) is 0 Å². The molecule has 0 aliphatic heterocycles. The zero-order valence-electron chi connectivity index (χ0n) is 9.98. The molecule has 0 aliphatic rings. The molecule has 0 spiro atoms. The predicted octanol–water partition coefficient (Wildman–Crippen LogP) is 3.69. The summed E-state index contributed by atoms with van der Waals surface area (Å²) in [6.45, 7) is 0.0120. The van der Waals surface area contributed by atoms with E-state index in [1.54, 1.807) is 36.5 Å². The minimum Gasteiger partial charge on any atom is -0.486 e. The van der Waals surface area contributed by atoms with Crippen LogP contribution in [0.5, 0.6) is 5.75 Å². The van der Waals surface area contributed by atoms with Crippen molar-refractivity contribution >= 4 is 33.3 Å². The molecule has 98 valence electrons. The van der Waals surface area contributed by atoms with Crippen molar-refractivity contribution in [3.8, 4) is 5.75 Å². The first-order valence-electron chi connectivity index (χ1n) is 5.64. The maximum Gasteiger partial charge on any atom is 0.176 e. The lowest BCUT2D eigenvalue weighted by Gasteiger charge is -2.05. The van der Waals surface area contributed by atoms with Crippen LogP contribution in [0.25, 0.3) is 0 Å². The van der Waals surface area contributed by atoms with E-state index in [-0.39, 0.29) is 18.8 Å². The lowest BCUT2D eigenvalue weighted by atomic mass is 10.2. The average Bonchev–Trinajstić information content (AvgIpc) is 2.39. The van der Waals surface area contributed by atoms with E-state index in [4.69, 9.17) is 16.3 Å². The number of rotatable bonds is 5. The van der Waals surface area contributed by atoms with Gasteiger partial charge < -0.3 is 4.74 Å². The summed E-state index contributed by atoms with van der Waals surface area (Å²) in [5.41, 5.74) is 0.725. The largest absolute Gasteiger partial charge is 0.486 e. The van der Waals surface area contributed by atoms with Gasteiger partial charge in [0.1, 0.15) is 12.4 Å². The molecule has 0 bridgehead atoms. The Labute approximate surface area is 124 Å². The van der Waals surface area contributed by atoms with E-state index >= 15 is 0 Å². The summed E-state index contributed by atoms with van der Waals surface area (Å²) in [5, 5.41) is 0.583. The molecule has 3 nitrogen and oxygen atoms in total. The van der Waals surface area contributed by atoms with Crippen LogP contribution in [0.3, 0.4) is 0 Å². The van der Waals surface area contributed by atoms with Crippen molar-refractivity contribution in [2.75, 3.05) is 6.61 Å². The number of carbonyl (C=O) groups is 1. The highest BCUT2D eigenvalue weighted by Crippen LogP contribution is 2.17. The van der Waals surface area contributed by atoms with Gasteiger partial charge in [-0.2, -0.15) is 0 Å². The Bertz CT molecular complexity index is 572. The summed E-state index contributed by atoms with van der Waals surface area (Å²) < 4.78 is 6.26. The third-order valence-electron chi connectivity index (χ3n) is 2.36. The van der Waals surface area contributed by atoms with Gasteiger partial charge in [-0.25, -0.2) is 0 Å². The van der Waals surface area contributed by atoms with Crippen molar-refractivity contribution in [3.05, 3.63) is 57.8 Å². The summed E-state index contributed by atoms with van der Waals surface area (Å²) >= 11 is 9.12. The molecule has 2 aromatic rings. The Morgan fingerprint density at radius 1 is 1.32 bits per heavy atom. The molecule has 0 unspecified atom stereocenters. The number of nitrogens with zero attached hydrogens (tertiary/aromatic N) is 1. The highest BCUT2D eigenvalue weighted by Gasteiger charge is 2.06. The van der Waals surface area contributed by atoms with Crippen LogP contribution < -0.4 is 4.74 Å². The van der Waals surface area contributed by atoms with E-state index in [2.05, 4.69) is 20.9 Å². The molecule has 1 heterocycles. The molecule has 1 aromatic heterocycles. The van der Waals surface area contributed by atoms with E-state index in [1.165, 1.54) is 0 Å². The minimum absolute atomic E-state index is 0.0120. The van der Waals surface area contributed by atoms with E-state index < -0.39 is 0 Å². The van der Waals surface area contributed by atoms with Crippen molar-refractivity contribution in [1.29, 1.82) is 0 Å². The second kappa shape index (κ2) is 6.68. The number of ketones is 1. The summed E-state index contributed by atoms with van der Waals surface area (Å²) in [6, 6.07) is 10.6. The topological polar surface area (TPSA) is 39.2 Å². The number of Topliss-reactive ketones (excluding diaryl/α,β-unsaturated/α-hetero) is 1. The van der Waals surface area contributed by atoms with Crippen LogP contribution >= 0.6 is 27.5 Å². The van der Waals surface area contributed by atoms with E-state index in [0.717, 1.165) is 10.2 Å². The first kappa shape index (κ1) is 14.0. The number of halogens is 2. The normalized spacial score (nSPS) is 10.2. The fourth-order valence-corrected chi connectivity index (χ4v) is 1.90. The fraction of sp³-hybridized carbons (Fsp3) is 0.143. The van der Waals surface area contributed by atoms with Crippen LogP contribution in [0.4, 0.5) is 0 Å². The Kier molecular flexibility index (Phi) is 4.93. The van der Waals surface area contributed by atoms with Gasteiger partial charge in [0.2, 0.25) is 0 Å². The number of benzene rings is 1. The third kappa shape index (κ3) is 4.65. The van der Waals surface area contributed by atoms with E-state index in [1.807, 2.05) is 6.07 Å². The molecular weight excluding hydrogens is 330 g/mol. The number of pyridine rings is 1. The quantitative estimate of drug-likeness (QED) is 0.833. The summed E-state index contributed by atoms with van der Waals surface area (Å²) in [7, 11) is 0. The molecule has 0 saturated heterocycles. The van der Waals surface area contributed by atoms with Gasteiger partial charge in [-0.05, 0) is 46.3 Å². The van der Waals surface area contributed by atoms with Crippen LogP contribution in [0.2, 0.25) is 5.02 Å². The number of hydrogen-bond acceptors (Lipinski definition) is 3. The second-order valence-electron chi connectivity index (χ2n) is 3.93. The van der Waals surface area contributed by atoms with Gasteiger partial charge in [0.15, 0.2) is 5.78 Å².